The van der Waals surface area contributed by atoms with Crippen LogP contribution in [0.3, 0.4) is 0 Å². The van der Waals surface area contributed by atoms with Gasteiger partial charge in [-0.05, 0) is 44.5 Å². The molecule has 25 heavy (non-hydrogen) atoms. The van der Waals surface area contributed by atoms with Gasteiger partial charge >= 0.3 is 6.18 Å². The van der Waals surface area contributed by atoms with Crippen LogP contribution in [0, 0.1) is 0 Å². The minimum Gasteiger partial charge on any atom is -0.326 e. The predicted octanol–water partition coefficient (Wildman–Crippen LogP) is 5.22. The molecule has 134 valence electrons. The number of benzene rings is 1. The molecule has 1 N–H and O–H groups in total. The summed E-state index contributed by atoms with van der Waals surface area (Å²) in [4.78, 5) is 6.15. The molecule has 2 aromatic rings. The molecule has 0 saturated heterocycles. The van der Waals surface area contributed by atoms with Crippen LogP contribution in [0.25, 0.3) is 10.9 Å². The molecule has 0 aliphatic heterocycles. The third kappa shape index (κ3) is 5.48. The minimum absolute atomic E-state index is 0.0281. The van der Waals surface area contributed by atoms with Crippen LogP contribution in [0.2, 0.25) is 0 Å². The number of amidine groups is 1. The molecule has 7 heteroatoms. The molecule has 0 saturated carbocycles. The van der Waals surface area contributed by atoms with E-state index in [1.54, 1.807) is 30.2 Å². The Hall–Kier alpha value is -2.57. The van der Waals surface area contributed by atoms with Crippen LogP contribution in [0.4, 0.5) is 18.9 Å². The zero-order chi connectivity index (χ0) is 18.4. The lowest BCUT2D eigenvalue weighted by Crippen LogP contribution is -2.31. The topological polar surface area (TPSA) is 44.3 Å². The van der Waals surface area contributed by atoms with Gasteiger partial charge in [0.1, 0.15) is 5.84 Å². The zero-order valence-electron chi connectivity index (χ0n) is 14.3. The molecule has 1 heterocycles. The Kier molecular flexibility index (Phi) is 6.01. The molecule has 0 spiro atoms. The SMILES string of the molecule is C=C(C)N=C(/C=C\C)N(CCCC(F)(F)F)c1ccc2[nH]ncc2c1. The second-order valence-corrected chi connectivity index (χ2v) is 5.72. The van der Waals surface area contributed by atoms with Crippen molar-refractivity contribution in [1.29, 1.82) is 0 Å². The molecular weight excluding hydrogens is 329 g/mol. The molecule has 0 aliphatic rings. The number of hydrogen-bond acceptors (Lipinski definition) is 2. The Morgan fingerprint density at radius 2 is 2.16 bits per heavy atom. The monoisotopic (exact) mass is 350 g/mol. The number of aliphatic imine (C=N–C) groups is 1. The van der Waals surface area contributed by atoms with Crippen LogP contribution < -0.4 is 4.90 Å². The van der Waals surface area contributed by atoms with Gasteiger partial charge in [0.25, 0.3) is 0 Å². The molecule has 2 rings (SSSR count). The molecular formula is C18H21F3N4. The van der Waals surface area contributed by atoms with Gasteiger partial charge in [-0.1, -0.05) is 12.7 Å². The lowest BCUT2D eigenvalue weighted by Gasteiger charge is -2.25. The largest absolute Gasteiger partial charge is 0.389 e. The Bertz CT molecular complexity index is 787. The summed E-state index contributed by atoms with van der Waals surface area (Å²) in [6, 6.07) is 5.57. The van der Waals surface area contributed by atoms with E-state index in [0.717, 1.165) is 16.6 Å². The Balaban J connectivity index is 2.37. The van der Waals surface area contributed by atoms with Gasteiger partial charge in [-0.3, -0.25) is 5.10 Å². The van der Waals surface area contributed by atoms with E-state index >= 15 is 0 Å². The van der Waals surface area contributed by atoms with Crippen molar-refractivity contribution in [3.63, 3.8) is 0 Å². The lowest BCUT2D eigenvalue weighted by atomic mass is 10.2. The molecule has 1 aromatic carbocycles. The lowest BCUT2D eigenvalue weighted by molar-refractivity contribution is -0.134. The van der Waals surface area contributed by atoms with Crippen LogP contribution in [-0.2, 0) is 0 Å². The van der Waals surface area contributed by atoms with Crippen LogP contribution >= 0.6 is 0 Å². The molecule has 0 radical (unpaired) electrons. The third-order valence-electron chi connectivity index (χ3n) is 3.48. The number of fused-ring (bicyclic) bond motifs is 1. The summed E-state index contributed by atoms with van der Waals surface area (Å²) in [5.74, 6) is 0.556. The number of aromatic amines is 1. The van der Waals surface area contributed by atoms with Crippen molar-refractivity contribution in [3.05, 3.63) is 48.8 Å². The molecule has 4 nitrogen and oxygen atoms in total. The number of anilines is 1. The van der Waals surface area contributed by atoms with Gasteiger partial charge < -0.3 is 4.90 Å². The van der Waals surface area contributed by atoms with Crippen molar-refractivity contribution < 1.29 is 13.2 Å². The molecule has 0 unspecified atom stereocenters. The molecule has 0 aliphatic carbocycles. The fourth-order valence-corrected chi connectivity index (χ4v) is 2.44. The molecule has 0 bridgehead atoms. The summed E-state index contributed by atoms with van der Waals surface area (Å²) >= 11 is 0. The number of H-pyrrole nitrogens is 1. The summed E-state index contributed by atoms with van der Waals surface area (Å²) < 4.78 is 37.6. The Labute approximate surface area is 144 Å². The normalized spacial score (nSPS) is 12.9. The zero-order valence-corrected chi connectivity index (χ0v) is 14.3. The Morgan fingerprint density at radius 1 is 1.40 bits per heavy atom. The standard InChI is InChI=1S/C18H21F3N4/c1-4-6-17(23-13(2)3)25(10-5-9-18(19,20)21)15-7-8-16-14(11-15)12-22-24-16/h4,6-8,11-12H,2,5,9-10H2,1,3H3,(H,22,24)/b6-4-,23-17?. The minimum atomic E-state index is -4.17. The molecule has 1 aromatic heterocycles. The first-order chi connectivity index (χ1) is 11.8. The van der Waals surface area contributed by atoms with Gasteiger partial charge in [-0.2, -0.15) is 18.3 Å². The van der Waals surface area contributed by atoms with E-state index < -0.39 is 12.6 Å². The first kappa shape index (κ1) is 18.8. The number of halogens is 3. The first-order valence-corrected chi connectivity index (χ1v) is 7.94. The van der Waals surface area contributed by atoms with Crippen LogP contribution in [-0.4, -0.2) is 28.8 Å². The maximum absolute atomic E-state index is 12.5. The number of nitrogens with zero attached hydrogens (tertiary/aromatic N) is 3. The number of nitrogens with one attached hydrogen (secondary N) is 1. The number of rotatable bonds is 6. The van der Waals surface area contributed by atoms with Crippen LogP contribution in [0.5, 0.6) is 0 Å². The summed E-state index contributed by atoms with van der Waals surface area (Å²) in [5.41, 5.74) is 2.20. The molecule has 0 atom stereocenters. The highest BCUT2D eigenvalue weighted by molar-refractivity contribution is 6.06. The second kappa shape index (κ2) is 8.00. The van der Waals surface area contributed by atoms with Crippen molar-refractivity contribution in [3.8, 4) is 0 Å². The average molecular weight is 350 g/mol. The van der Waals surface area contributed by atoms with Gasteiger partial charge in [0.05, 0.1) is 11.7 Å². The highest BCUT2D eigenvalue weighted by Gasteiger charge is 2.27. The number of alkyl halides is 3. The van der Waals surface area contributed by atoms with E-state index in [1.807, 2.05) is 25.1 Å². The first-order valence-electron chi connectivity index (χ1n) is 7.94. The highest BCUT2D eigenvalue weighted by Crippen LogP contribution is 2.25. The van der Waals surface area contributed by atoms with Crippen molar-refractivity contribution in [2.24, 2.45) is 4.99 Å². The van der Waals surface area contributed by atoms with E-state index in [-0.39, 0.29) is 13.0 Å². The van der Waals surface area contributed by atoms with E-state index in [4.69, 9.17) is 0 Å². The van der Waals surface area contributed by atoms with Gasteiger partial charge in [0.2, 0.25) is 0 Å². The number of allylic oxidation sites excluding steroid dienone is 2. The van der Waals surface area contributed by atoms with E-state index in [9.17, 15) is 13.2 Å². The maximum atomic E-state index is 12.5. The smallest absolute Gasteiger partial charge is 0.326 e. The van der Waals surface area contributed by atoms with Crippen LogP contribution in [0.1, 0.15) is 26.7 Å². The van der Waals surface area contributed by atoms with E-state index in [2.05, 4.69) is 21.8 Å². The van der Waals surface area contributed by atoms with Crippen molar-refractivity contribution in [1.82, 2.24) is 10.2 Å². The summed E-state index contributed by atoms with van der Waals surface area (Å²) in [6.07, 6.45) is 0.203. The van der Waals surface area contributed by atoms with Crippen LogP contribution in [0.15, 0.2) is 53.8 Å². The predicted molar refractivity (Wildman–Crippen MR) is 95.8 cm³/mol. The van der Waals surface area contributed by atoms with Gasteiger partial charge in [-0.15, -0.1) is 0 Å². The van der Waals surface area contributed by atoms with Crippen molar-refractivity contribution in [2.45, 2.75) is 32.9 Å². The van der Waals surface area contributed by atoms with Crippen molar-refractivity contribution >= 4 is 22.4 Å². The Morgan fingerprint density at radius 3 is 2.80 bits per heavy atom. The summed E-state index contributed by atoms with van der Waals surface area (Å²) in [6.45, 7) is 7.55. The summed E-state index contributed by atoms with van der Waals surface area (Å²) in [7, 11) is 0. The van der Waals surface area contributed by atoms with E-state index in [1.165, 1.54) is 0 Å². The fourth-order valence-electron chi connectivity index (χ4n) is 2.44. The van der Waals surface area contributed by atoms with E-state index in [0.29, 0.717) is 11.5 Å². The van der Waals surface area contributed by atoms with Gasteiger partial charge in [0.15, 0.2) is 0 Å². The highest BCUT2D eigenvalue weighted by atomic mass is 19.4. The fraction of sp³-hybridized carbons (Fsp3) is 0.333. The molecule has 0 amide bonds. The van der Waals surface area contributed by atoms with Gasteiger partial charge in [0, 0.05) is 29.7 Å². The van der Waals surface area contributed by atoms with Crippen molar-refractivity contribution in [2.75, 3.05) is 11.4 Å². The molecule has 0 fully saturated rings. The number of aromatic nitrogens is 2. The summed E-state index contributed by atoms with van der Waals surface area (Å²) in [5, 5.41) is 7.72. The second-order valence-electron chi connectivity index (χ2n) is 5.72. The van der Waals surface area contributed by atoms with Gasteiger partial charge in [-0.25, -0.2) is 4.99 Å². The average Bonchev–Trinajstić information content (AvgIpc) is 2.97. The third-order valence-corrected chi connectivity index (χ3v) is 3.48. The quantitative estimate of drug-likeness (QED) is 0.573. The number of hydrogen-bond donors (Lipinski definition) is 1. The maximum Gasteiger partial charge on any atom is 0.389 e.